The lowest BCUT2D eigenvalue weighted by molar-refractivity contribution is -0.145. The van der Waals surface area contributed by atoms with Gasteiger partial charge in [-0.25, -0.2) is 9.97 Å². The van der Waals surface area contributed by atoms with Gasteiger partial charge in [0.1, 0.15) is 5.75 Å². The Labute approximate surface area is 205 Å². The zero-order valence-electron chi connectivity index (χ0n) is 20.3. The van der Waals surface area contributed by atoms with Crippen molar-refractivity contribution in [1.29, 1.82) is 0 Å². The van der Waals surface area contributed by atoms with Gasteiger partial charge in [0.05, 0.1) is 25.7 Å². The van der Waals surface area contributed by atoms with Gasteiger partial charge in [0.25, 0.3) is 0 Å². The zero-order chi connectivity index (χ0) is 24.4. The number of aromatic nitrogens is 2. The van der Waals surface area contributed by atoms with Gasteiger partial charge in [-0.2, -0.15) is 0 Å². The number of esters is 1. The van der Waals surface area contributed by atoms with E-state index in [2.05, 4.69) is 18.0 Å². The molecule has 35 heavy (non-hydrogen) atoms. The molecule has 1 aromatic carbocycles. The van der Waals surface area contributed by atoms with Crippen molar-refractivity contribution in [2.75, 3.05) is 19.8 Å². The van der Waals surface area contributed by atoms with Crippen molar-refractivity contribution in [2.45, 2.75) is 51.5 Å². The van der Waals surface area contributed by atoms with Crippen molar-refractivity contribution >= 4 is 22.9 Å². The van der Waals surface area contributed by atoms with E-state index >= 15 is 0 Å². The third-order valence-corrected chi connectivity index (χ3v) is 7.22. The van der Waals surface area contributed by atoms with Crippen LogP contribution in [-0.4, -0.2) is 46.5 Å². The van der Waals surface area contributed by atoms with Crippen LogP contribution in [0.25, 0.3) is 11.0 Å². The topological polar surface area (TPSA) is 81.6 Å². The molecule has 1 saturated heterocycles. The van der Waals surface area contributed by atoms with Crippen LogP contribution in [0.5, 0.6) is 5.75 Å². The van der Waals surface area contributed by atoms with Crippen molar-refractivity contribution in [3.8, 4) is 5.75 Å². The Morgan fingerprint density at radius 2 is 2.11 bits per heavy atom. The molecule has 4 heterocycles. The normalized spacial score (nSPS) is 18.9. The fraction of sp³-hybridized carbons (Fsp3) is 0.429. The highest BCUT2D eigenvalue weighted by Gasteiger charge is 2.42. The van der Waals surface area contributed by atoms with Crippen molar-refractivity contribution in [3.05, 3.63) is 65.5 Å². The van der Waals surface area contributed by atoms with Gasteiger partial charge in [0, 0.05) is 42.1 Å². The minimum atomic E-state index is -0.384. The Hall–Kier alpha value is -3.48. The Morgan fingerprint density at radius 3 is 2.94 bits per heavy atom. The Bertz CT molecular complexity index is 1240. The second-order valence-electron chi connectivity index (χ2n) is 9.22. The maximum atomic E-state index is 13.8. The highest BCUT2D eigenvalue weighted by Crippen LogP contribution is 2.40. The number of hydrogen-bond acceptors (Lipinski definition) is 6. The number of hydrogen-bond donors (Lipinski definition) is 0. The molecular formula is C28H31N3O4. The van der Waals surface area contributed by atoms with Crippen LogP contribution in [0.3, 0.4) is 0 Å². The zero-order valence-corrected chi connectivity index (χ0v) is 20.3. The molecular weight excluding hydrogens is 442 g/mol. The third kappa shape index (κ3) is 4.59. The fourth-order valence-electron chi connectivity index (χ4n) is 5.46. The van der Waals surface area contributed by atoms with E-state index in [-0.39, 0.29) is 36.2 Å². The van der Waals surface area contributed by atoms with E-state index in [9.17, 15) is 9.59 Å². The second-order valence-corrected chi connectivity index (χ2v) is 9.22. The summed E-state index contributed by atoms with van der Waals surface area (Å²) in [6.45, 7) is 5.46. The molecule has 7 heteroatoms. The molecule has 0 aliphatic carbocycles. The Balaban J connectivity index is 1.43. The van der Waals surface area contributed by atoms with Crippen LogP contribution in [0.4, 0.5) is 0 Å². The summed E-state index contributed by atoms with van der Waals surface area (Å²) in [6, 6.07) is 13.6. The molecule has 1 fully saturated rings. The first-order valence-electron chi connectivity index (χ1n) is 12.5. The van der Waals surface area contributed by atoms with Crippen LogP contribution >= 0.6 is 0 Å². The summed E-state index contributed by atoms with van der Waals surface area (Å²) in [4.78, 5) is 37.4. The van der Waals surface area contributed by atoms with Crippen LogP contribution in [0.2, 0.25) is 0 Å². The van der Waals surface area contributed by atoms with E-state index in [1.165, 1.54) is 0 Å². The average molecular weight is 474 g/mol. The molecule has 2 aliphatic heterocycles. The molecule has 7 nitrogen and oxygen atoms in total. The monoisotopic (exact) mass is 473 g/mol. The molecule has 3 atom stereocenters. The number of amides is 1. The molecule has 3 aromatic rings. The van der Waals surface area contributed by atoms with Crippen LogP contribution in [0, 0.1) is 5.92 Å². The van der Waals surface area contributed by atoms with Gasteiger partial charge in [-0.1, -0.05) is 19.1 Å². The van der Waals surface area contributed by atoms with E-state index < -0.39 is 0 Å². The van der Waals surface area contributed by atoms with Crippen molar-refractivity contribution in [1.82, 2.24) is 14.9 Å². The van der Waals surface area contributed by atoms with Crippen molar-refractivity contribution < 1.29 is 19.1 Å². The molecule has 0 saturated carbocycles. The second kappa shape index (κ2) is 10.0. The third-order valence-electron chi connectivity index (χ3n) is 7.22. The first-order chi connectivity index (χ1) is 17.1. The first kappa shape index (κ1) is 23.3. The molecule has 2 unspecified atom stereocenters. The predicted octanol–water partition coefficient (Wildman–Crippen LogP) is 4.60. The lowest BCUT2D eigenvalue weighted by Crippen LogP contribution is -2.35. The SMILES string of the molecule is CCOC(=O)C[C@@H](c1ccc2c(c1)OCC2)N1CCC(C(CC)c2ccc3cccnc3n2)C1=O. The van der Waals surface area contributed by atoms with Crippen molar-refractivity contribution in [3.63, 3.8) is 0 Å². The van der Waals surface area contributed by atoms with Gasteiger partial charge in [-0.3, -0.25) is 9.59 Å². The number of carbonyl (C=O) groups is 2. The van der Waals surface area contributed by atoms with Gasteiger partial charge in [-0.05, 0) is 61.2 Å². The summed E-state index contributed by atoms with van der Waals surface area (Å²) in [5.41, 5.74) is 3.67. The van der Waals surface area contributed by atoms with Crippen LogP contribution in [0.15, 0.2) is 48.7 Å². The van der Waals surface area contributed by atoms with E-state index in [1.54, 1.807) is 13.1 Å². The summed E-state index contributed by atoms with van der Waals surface area (Å²) in [7, 11) is 0. The quantitative estimate of drug-likeness (QED) is 0.445. The maximum absolute atomic E-state index is 13.8. The predicted molar refractivity (Wildman–Crippen MR) is 132 cm³/mol. The number of pyridine rings is 2. The summed E-state index contributed by atoms with van der Waals surface area (Å²) in [5.74, 6) is 0.411. The van der Waals surface area contributed by atoms with E-state index in [1.807, 2.05) is 41.3 Å². The van der Waals surface area contributed by atoms with Crippen LogP contribution < -0.4 is 4.74 Å². The van der Waals surface area contributed by atoms with Gasteiger partial charge in [0.15, 0.2) is 5.65 Å². The molecule has 1 amide bonds. The van der Waals surface area contributed by atoms with Crippen LogP contribution in [0.1, 0.15) is 61.9 Å². The van der Waals surface area contributed by atoms with Crippen molar-refractivity contribution in [2.24, 2.45) is 5.92 Å². The molecule has 0 N–H and O–H groups in total. The molecule has 2 aromatic heterocycles. The van der Waals surface area contributed by atoms with Gasteiger partial charge >= 0.3 is 5.97 Å². The summed E-state index contributed by atoms with van der Waals surface area (Å²) in [5, 5.41) is 0.985. The fourth-order valence-corrected chi connectivity index (χ4v) is 5.46. The van der Waals surface area contributed by atoms with Crippen LogP contribution in [-0.2, 0) is 20.7 Å². The van der Waals surface area contributed by atoms with Gasteiger partial charge in [-0.15, -0.1) is 0 Å². The first-order valence-corrected chi connectivity index (χ1v) is 12.5. The summed E-state index contributed by atoms with van der Waals surface area (Å²) >= 11 is 0. The standard InChI is InChI=1S/C28H31N3O4/c1-3-21(23-10-9-19-6-5-13-29-27(19)30-23)22-11-14-31(28(22)33)24(17-26(32)34-4-2)20-8-7-18-12-15-35-25(18)16-20/h5-10,13,16,21-22,24H,3-4,11-12,14-15,17H2,1-2H3/t21?,22?,24-/m0/s1. The maximum Gasteiger partial charge on any atom is 0.308 e. The largest absolute Gasteiger partial charge is 0.493 e. The number of benzene rings is 1. The number of fused-ring (bicyclic) bond motifs is 2. The molecule has 5 rings (SSSR count). The van der Waals surface area contributed by atoms with E-state index in [0.29, 0.717) is 25.4 Å². The average Bonchev–Trinajstić information content (AvgIpc) is 3.49. The number of ether oxygens (including phenoxy) is 2. The van der Waals surface area contributed by atoms with Gasteiger partial charge in [0.2, 0.25) is 5.91 Å². The van der Waals surface area contributed by atoms with Gasteiger partial charge < -0.3 is 14.4 Å². The minimum Gasteiger partial charge on any atom is -0.493 e. The number of likely N-dealkylation sites (tertiary alicyclic amines) is 1. The van der Waals surface area contributed by atoms with E-state index in [0.717, 1.165) is 47.2 Å². The summed E-state index contributed by atoms with van der Waals surface area (Å²) in [6.07, 6.45) is 4.27. The highest BCUT2D eigenvalue weighted by atomic mass is 16.5. The molecule has 182 valence electrons. The van der Waals surface area contributed by atoms with E-state index in [4.69, 9.17) is 14.5 Å². The highest BCUT2D eigenvalue weighted by molar-refractivity contribution is 5.83. The Morgan fingerprint density at radius 1 is 1.23 bits per heavy atom. The minimum absolute atomic E-state index is 0.00879. The lowest BCUT2D eigenvalue weighted by atomic mass is 9.85. The smallest absolute Gasteiger partial charge is 0.308 e. The molecule has 0 radical (unpaired) electrons. The summed E-state index contributed by atoms with van der Waals surface area (Å²) < 4.78 is 11.0. The number of nitrogens with zero attached hydrogens (tertiary/aromatic N) is 3. The number of carbonyl (C=O) groups excluding carboxylic acids is 2. The lowest BCUT2D eigenvalue weighted by Gasteiger charge is -2.29. The number of rotatable bonds is 8. The Kier molecular flexibility index (Phi) is 6.66. The molecule has 0 bridgehead atoms. The molecule has 2 aliphatic rings. The molecule has 0 spiro atoms.